The number of amides is 1. The first kappa shape index (κ1) is 20.2. The van der Waals surface area contributed by atoms with E-state index in [0.29, 0.717) is 23.5 Å². The normalized spacial score (nSPS) is 11.4. The van der Waals surface area contributed by atoms with Crippen LogP contribution in [0.15, 0.2) is 48.5 Å². The van der Waals surface area contributed by atoms with E-state index in [2.05, 4.69) is 5.32 Å². The Labute approximate surface area is 158 Å². The van der Waals surface area contributed by atoms with Gasteiger partial charge >= 0.3 is 0 Å². The number of benzene rings is 2. The van der Waals surface area contributed by atoms with E-state index in [9.17, 15) is 14.4 Å². The highest BCUT2D eigenvalue weighted by molar-refractivity contribution is 5.94. The molecule has 0 saturated heterocycles. The van der Waals surface area contributed by atoms with Crippen LogP contribution in [0.25, 0.3) is 0 Å². The van der Waals surface area contributed by atoms with Crippen LogP contribution in [0.5, 0.6) is 11.5 Å². The van der Waals surface area contributed by atoms with Gasteiger partial charge in [0.25, 0.3) is 5.91 Å². The van der Waals surface area contributed by atoms with Crippen LogP contribution in [-0.2, 0) is 16.0 Å². The van der Waals surface area contributed by atoms with Crippen molar-refractivity contribution in [2.45, 2.75) is 26.3 Å². The molecule has 0 saturated carbocycles. The first-order chi connectivity index (χ1) is 12.9. The van der Waals surface area contributed by atoms with E-state index in [1.54, 1.807) is 18.2 Å². The zero-order valence-corrected chi connectivity index (χ0v) is 15.7. The molecule has 2 rings (SSSR count). The number of carbonyl (C=O) groups is 3. The minimum Gasteiger partial charge on any atom is -0.493 e. The van der Waals surface area contributed by atoms with Gasteiger partial charge in [0.1, 0.15) is 0 Å². The van der Waals surface area contributed by atoms with Crippen molar-refractivity contribution in [2.24, 2.45) is 0 Å². The minimum absolute atomic E-state index is 0.0946. The average Bonchev–Trinajstić information content (AvgIpc) is 2.66. The lowest BCUT2D eigenvalue weighted by molar-refractivity contribution is -0.128. The molecule has 0 aliphatic carbocycles. The van der Waals surface area contributed by atoms with Crippen LogP contribution >= 0.6 is 0 Å². The molecule has 1 N–H and O–H groups in total. The molecule has 0 unspecified atom stereocenters. The number of hydrogen-bond donors (Lipinski definition) is 1. The van der Waals surface area contributed by atoms with E-state index in [4.69, 9.17) is 9.47 Å². The molecule has 0 radical (unpaired) electrons. The number of Topliss-reactive ketones (excluding diaryl/α,β-unsaturated/α-hetero) is 2. The van der Waals surface area contributed by atoms with Gasteiger partial charge in [-0.3, -0.25) is 14.4 Å². The van der Waals surface area contributed by atoms with E-state index in [1.807, 2.05) is 30.3 Å². The number of ketones is 2. The lowest BCUT2D eigenvalue weighted by Gasteiger charge is -2.17. The molecule has 6 nitrogen and oxygen atoms in total. The summed E-state index contributed by atoms with van der Waals surface area (Å²) in [5, 5.41) is 2.69. The topological polar surface area (TPSA) is 81.7 Å². The lowest BCUT2D eigenvalue weighted by atomic mass is 10.0. The molecule has 2 aromatic carbocycles. The van der Waals surface area contributed by atoms with Gasteiger partial charge in [0, 0.05) is 5.56 Å². The number of ether oxygens (including phenoxy) is 2. The van der Waals surface area contributed by atoms with Gasteiger partial charge in [0.05, 0.1) is 13.2 Å². The highest BCUT2D eigenvalue weighted by Crippen LogP contribution is 2.28. The summed E-state index contributed by atoms with van der Waals surface area (Å²) >= 11 is 0. The molecule has 0 fully saturated rings. The summed E-state index contributed by atoms with van der Waals surface area (Å²) in [6, 6.07) is 13.6. The maximum absolute atomic E-state index is 12.2. The number of hydrogen-bond acceptors (Lipinski definition) is 5. The Bertz CT molecular complexity index is 817. The molecule has 0 aliphatic rings. The smallest absolute Gasteiger partial charge is 0.258 e. The monoisotopic (exact) mass is 369 g/mol. The van der Waals surface area contributed by atoms with Crippen LogP contribution < -0.4 is 14.8 Å². The van der Waals surface area contributed by atoms with Gasteiger partial charge in [0.15, 0.2) is 29.7 Å². The summed E-state index contributed by atoms with van der Waals surface area (Å²) in [5.41, 5.74) is 1.45. The van der Waals surface area contributed by atoms with Gasteiger partial charge in [-0.05, 0) is 44.0 Å². The van der Waals surface area contributed by atoms with E-state index >= 15 is 0 Å². The number of carbonyl (C=O) groups excluding carboxylic acids is 3. The van der Waals surface area contributed by atoms with Crippen LogP contribution in [0.3, 0.4) is 0 Å². The molecule has 142 valence electrons. The van der Waals surface area contributed by atoms with Gasteiger partial charge in [-0.25, -0.2) is 0 Å². The number of methoxy groups -OCH3 is 1. The maximum Gasteiger partial charge on any atom is 0.258 e. The molecule has 1 amide bonds. The number of nitrogens with one attached hydrogen (secondary N) is 1. The van der Waals surface area contributed by atoms with Gasteiger partial charge in [-0.15, -0.1) is 0 Å². The fourth-order valence-corrected chi connectivity index (χ4v) is 2.53. The molecule has 0 spiro atoms. The van der Waals surface area contributed by atoms with Crippen molar-refractivity contribution in [1.82, 2.24) is 5.32 Å². The summed E-state index contributed by atoms with van der Waals surface area (Å²) in [5.74, 6) is 0.0743. The third kappa shape index (κ3) is 5.95. The Morgan fingerprint density at radius 2 is 1.70 bits per heavy atom. The van der Waals surface area contributed by atoms with Crippen molar-refractivity contribution >= 4 is 17.5 Å². The molecular formula is C21H23NO5. The van der Waals surface area contributed by atoms with Crippen LogP contribution in [0.4, 0.5) is 0 Å². The fourth-order valence-electron chi connectivity index (χ4n) is 2.53. The quantitative estimate of drug-likeness (QED) is 0.687. The second-order valence-corrected chi connectivity index (χ2v) is 6.13. The second-order valence-electron chi connectivity index (χ2n) is 6.13. The van der Waals surface area contributed by atoms with Crippen molar-refractivity contribution < 1.29 is 23.9 Å². The summed E-state index contributed by atoms with van der Waals surface area (Å²) in [6.07, 6.45) is 0.415. The highest BCUT2D eigenvalue weighted by atomic mass is 16.5. The predicted molar refractivity (Wildman–Crippen MR) is 101 cm³/mol. The minimum atomic E-state index is -0.620. The van der Waals surface area contributed by atoms with Crippen LogP contribution in [0.1, 0.15) is 29.8 Å². The fraction of sp³-hybridized carbons (Fsp3) is 0.286. The van der Waals surface area contributed by atoms with Crippen LogP contribution in [0, 0.1) is 0 Å². The summed E-state index contributed by atoms with van der Waals surface area (Å²) in [7, 11) is 1.46. The van der Waals surface area contributed by atoms with E-state index in [0.717, 1.165) is 5.56 Å². The molecule has 0 bridgehead atoms. The average molecular weight is 369 g/mol. The predicted octanol–water partition coefficient (Wildman–Crippen LogP) is 2.59. The highest BCUT2D eigenvalue weighted by Gasteiger charge is 2.18. The third-order valence-corrected chi connectivity index (χ3v) is 4.04. The van der Waals surface area contributed by atoms with Crippen LogP contribution in [0.2, 0.25) is 0 Å². The van der Waals surface area contributed by atoms with E-state index < -0.39 is 11.9 Å². The molecule has 0 aliphatic heterocycles. The summed E-state index contributed by atoms with van der Waals surface area (Å²) < 4.78 is 10.7. The molecule has 1 atom stereocenters. The van der Waals surface area contributed by atoms with Crippen molar-refractivity contribution in [3.63, 3.8) is 0 Å². The molecule has 2 aromatic rings. The van der Waals surface area contributed by atoms with Crippen molar-refractivity contribution in [2.75, 3.05) is 13.7 Å². The van der Waals surface area contributed by atoms with Crippen molar-refractivity contribution in [1.29, 1.82) is 0 Å². The van der Waals surface area contributed by atoms with E-state index in [1.165, 1.54) is 21.0 Å². The molecular weight excluding hydrogens is 346 g/mol. The summed E-state index contributed by atoms with van der Waals surface area (Å²) in [6.45, 7) is 2.63. The van der Waals surface area contributed by atoms with Gasteiger partial charge in [0.2, 0.25) is 0 Å². The first-order valence-electron chi connectivity index (χ1n) is 8.56. The lowest BCUT2D eigenvalue weighted by Crippen LogP contribution is -2.43. The van der Waals surface area contributed by atoms with Crippen LogP contribution in [-0.4, -0.2) is 37.2 Å². The molecule has 6 heteroatoms. The Morgan fingerprint density at radius 1 is 1.00 bits per heavy atom. The largest absolute Gasteiger partial charge is 0.493 e. The van der Waals surface area contributed by atoms with E-state index in [-0.39, 0.29) is 18.2 Å². The maximum atomic E-state index is 12.2. The van der Waals surface area contributed by atoms with Gasteiger partial charge < -0.3 is 14.8 Å². The zero-order valence-electron chi connectivity index (χ0n) is 15.7. The molecule has 27 heavy (non-hydrogen) atoms. The van der Waals surface area contributed by atoms with Crippen molar-refractivity contribution in [3.8, 4) is 11.5 Å². The third-order valence-electron chi connectivity index (χ3n) is 4.04. The van der Waals surface area contributed by atoms with Gasteiger partial charge in [-0.2, -0.15) is 0 Å². The first-order valence-corrected chi connectivity index (χ1v) is 8.56. The Hall–Kier alpha value is -3.15. The number of rotatable bonds is 9. The van der Waals surface area contributed by atoms with Crippen molar-refractivity contribution in [3.05, 3.63) is 59.7 Å². The Kier molecular flexibility index (Phi) is 7.11. The zero-order chi connectivity index (χ0) is 19.8. The molecule has 0 aromatic heterocycles. The Morgan fingerprint density at radius 3 is 2.30 bits per heavy atom. The SMILES string of the molecule is COc1cc(C(C)=O)ccc1OCC(=O)N[C@H](Cc1ccccc1)C(C)=O. The Balaban J connectivity index is 1.98. The molecule has 0 heterocycles. The van der Waals surface area contributed by atoms with Gasteiger partial charge in [-0.1, -0.05) is 30.3 Å². The second kappa shape index (κ2) is 9.52. The summed E-state index contributed by atoms with van der Waals surface area (Å²) in [4.78, 5) is 35.5. The standard InChI is InChI=1S/C21H23NO5/c1-14(23)17-9-10-19(20(12-17)26-3)27-13-21(25)22-18(15(2)24)11-16-7-5-4-6-8-16/h4-10,12,18H,11,13H2,1-3H3,(H,22,25)/t18-/m1/s1.